The molecule has 0 aromatic heterocycles. The van der Waals surface area contributed by atoms with E-state index in [2.05, 4.69) is 5.32 Å². The van der Waals surface area contributed by atoms with Crippen molar-refractivity contribution < 1.29 is 9.18 Å². The molecule has 1 atom stereocenters. The number of rotatable bonds is 4. The standard InChI is InChI=1S/C12H14FIN2O/c13-8-2-1-3-10(12(8)14)16-11(17)6-9(15)7-4-5-7/h1-3,7,9H,4-6,15H2,(H,16,17). The molecule has 1 amide bonds. The Labute approximate surface area is 113 Å². The molecule has 1 aliphatic carbocycles. The van der Waals surface area contributed by atoms with E-state index in [0.29, 0.717) is 21.6 Å². The lowest BCUT2D eigenvalue weighted by Gasteiger charge is -2.11. The van der Waals surface area contributed by atoms with E-state index in [1.165, 1.54) is 6.07 Å². The fourth-order valence-corrected chi connectivity index (χ4v) is 2.20. The van der Waals surface area contributed by atoms with Crippen molar-refractivity contribution in [1.82, 2.24) is 0 Å². The molecule has 0 bridgehead atoms. The quantitative estimate of drug-likeness (QED) is 0.822. The first-order valence-corrected chi connectivity index (χ1v) is 6.65. The molecule has 0 heterocycles. The van der Waals surface area contributed by atoms with Crippen molar-refractivity contribution in [3.63, 3.8) is 0 Å². The number of carbonyl (C=O) groups is 1. The molecule has 3 N–H and O–H groups in total. The molecule has 92 valence electrons. The van der Waals surface area contributed by atoms with Gasteiger partial charge >= 0.3 is 0 Å². The number of nitrogens with one attached hydrogen (secondary N) is 1. The number of hydrogen-bond donors (Lipinski definition) is 2. The third-order valence-electron chi connectivity index (χ3n) is 2.87. The zero-order chi connectivity index (χ0) is 12.4. The number of hydrogen-bond acceptors (Lipinski definition) is 2. The number of carbonyl (C=O) groups excluding carboxylic acids is 1. The first-order valence-electron chi connectivity index (χ1n) is 5.57. The van der Waals surface area contributed by atoms with Crippen LogP contribution in [0.5, 0.6) is 0 Å². The Hall–Kier alpha value is -0.690. The molecular weight excluding hydrogens is 334 g/mol. The maximum absolute atomic E-state index is 13.2. The molecule has 3 nitrogen and oxygen atoms in total. The highest BCUT2D eigenvalue weighted by molar-refractivity contribution is 14.1. The summed E-state index contributed by atoms with van der Waals surface area (Å²) in [5.74, 6) is 0.0233. The van der Waals surface area contributed by atoms with Crippen LogP contribution in [0.2, 0.25) is 0 Å². The summed E-state index contributed by atoms with van der Waals surface area (Å²) in [5.41, 5.74) is 6.38. The van der Waals surface area contributed by atoms with Gasteiger partial charge in [-0.25, -0.2) is 4.39 Å². The van der Waals surface area contributed by atoms with Crippen molar-refractivity contribution in [3.05, 3.63) is 27.6 Å². The van der Waals surface area contributed by atoms with E-state index in [1.807, 2.05) is 22.6 Å². The topological polar surface area (TPSA) is 55.1 Å². The normalized spacial score (nSPS) is 16.6. The van der Waals surface area contributed by atoms with Crippen molar-refractivity contribution >= 4 is 34.2 Å². The van der Waals surface area contributed by atoms with Crippen molar-refractivity contribution in [2.24, 2.45) is 11.7 Å². The minimum atomic E-state index is -0.324. The number of benzene rings is 1. The van der Waals surface area contributed by atoms with E-state index in [-0.39, 0.29) is 17.8 Å². The molecule has 0 aliphatic heterocycles. The molecule has 0 spiro atoms. The fourth-order valence-electron chi connectivity index (χ4n) is 1.71. The SMILES string of the molecule is NC(CC(=O)Nc1cccc(F)c1I)C1CC1. The Morgan fingerprint density at radius 2 is 2.29 bits per heavy atom. The number of anilines is 1. The Kier molecular flexibility index (Phi) is 3.98. The average Bonchev–Trinajstić information content (AvgIpc) is 3.08. The van der Waals surface area contributed by atoms with Crippen molar-refractivity contribution in [2.75, 3.05) is 5.32 Å². The number of nitrogens with two attached hydrogens (primary N) is 1. The van der Waals surface area contributed by atoms with Gasteiger partial charge in [-0.2, -0.15) is 0 Å². The third kappa shape index (κ3) is 3.38. The molecule has 1 aromatic rings. The summed E-state index contributed by atoms with van der Waals surface area (Å²) in [6.07, 6.45) is 2.54. The van der Waals surface area contributed by atoms with Gasteiger partial charge < -0.3 is 11.1 Å². The lowest BCUT2D eigenvalue weighted by atomic mass is 10.1. The summed E-state index contributed by atoms with van der Waals surface area (Å²) < 4.78 is 13.7. The maximum atomic E-state index is 13.2. The van der Waals surface area contributed by atoms with E-state index in [0.717, 1.165) is 12.8 Å². The molecule has 5 heteroatoms. The van der Waals surface area contributed by atoms with Gasteiger partial charge in [0.05, 0.1) is 9.26 Å². The highest BCUT2D eigenvalue weighted by Crippen LogP contribution is 2.33. The van der Waals surface area contributed by atoms with Gasteiger partial charge in [0.1, 0.15) is 5.82 Å². The molecule has 1 aromatic carbocycles. The van der Waals surface area contributed by atoms with Gasteiger partial charge in [0.25, 0.3) is 0 Å². The molecule has 1 fully saturated rings. The first kappa shape index (κ1) is 12.8. The molecule has 1 saturated carbocycles. The van der Waals surface area contributed by atoms with Crippen LogP contribution < -0.4 is 11.1 Å². The highest BCUT2D eigenvalue weighted by Gasteiger charge is 2.29. The van der Waals surface area contributed by atoms with Gasteiger partial charge in [-0.1, -0.05) is 6.07 Å². The van der Waals surface area contributed by atoms with Gasteiger partial charge in [-0.05, 0) is 53.5 Å². The van der Waals surface area contributed by atoms with Crippen LogP contribution in [0.25, 0.3) is 0 Å². The zero-order valence-corrected chi connectivity index (χ0v) is 11.4. The maximum Gasteiger partial charge on any atom is 0.225 e. The zero-order valence-electron chi connectivity index (χ0n) is 9.25. The van der Waals surface area contributed by atoms with Crippen molar-refractivity contribution in [2.45, 2.75) is 25.3 Å². The lowest BCUT2D eigenvalue weighted by molar-refractivity contribution is -0.116. The number of halogens is 2. The van der Waals surface area contributed by atoms with Crippen LogP contribution in [0.15, 0.2) is 18.2 Å². The van der Waals surface area contributed by atoms with Crippen LogP contribution in [-0.2, 0) is 4.79 Å². The Morgan fingerprint density at radius 1 is 1.59 bits per heavy atom. The van der Waals surface area contributed by atoms with Gasteiger partial charge in [-0.15, -0.1) is 0 Å². The first-order chi connectivity index (χ1) is 8.08. The third-order valence-corrected chi connectivity index (χ3v) is 3.97. The summed E-state index contributed by atoms with van der Waals surface area (Å²) in [6, 6.07) is 4.56. The highest BCUT2D eigenvalue weighted by atomic mass is 127. The van der Waals surface area contributed by atoms with Crippen LogP contribution >= 0.6 is 22.6 Å². The second kappa shape index (κ2) is 5.30. The van der Waals surface area contributed by atoms with Gasteiger partial charge in [0.2, 0.25) is 5.91 Å². The van der Waals surface area contributed by atoms with Crippen molar-refractivity contribution in [1.29, 1.82) is 0 Å². The summed E-state index contributed by atoms with van der Waals surface area (Å²) in [7, 11) is 0. The van der Waals surface area contributed by atoms with E-state index in [9.17, 15) is 9.18 Å². The predicted molar refractivity (Wildman–Crippen MR) is 73.1 cm³/mol. The fraction of sp³-hybridized carbons (Fsp3) is 0.417. The second-order valence-electron chi connectivity index (χ2n) is 4.35. The minimum absolute atomic E-state index is 0.0683. The summed E-state index contributed by atoms with van der Waals surface area (Å²) >= 11 is 1.88. The Morgan fingerprint density at radius 3 is 2.94 bits per heavy atom. The monoisotopic (exact) mass is 348 g/mol. The summed E-state index contributed by atoms with van der Waals surface area (Å²) in [5, 5.41) is 2.70. The summed E-state index contributed by atoms with van der Waals surface area (Å²) in [4.78, 5) is 11.7. The van der Waals surface area contributed by atoms with Crippen LogP contribution in [0.4, 0.5) is 10.1 Å². The number of amides is 1. The molecule has 0 saturated heterocycles. The van der Waals surface area contributed by atoms with E-state index >= 15 is 0 Å². The van der Waals surface area contributed by atoms with Gasteiger partial charge in [0, 0.05) is 12.5 Å². The lowest BCUT2D eigenvalue weighted by Crippen LogP contribution is -2.29. The van der Waals surface area contributed by atoms with E-state index in [4.69, 9.17) is 5.73 Å². The van der Waals surface area contributed by atoms with Gasteiger partial charge in [0.15, 0.2) is 0 Å². The molecule has 0 radical (unpaired) electrons. The smallest absolute Gasteiger partial charge is 0.225 e. The molecular formula is C12H14FIN2O. The van der Waals surface area contributed by atoms with E-state index < -0.39 is 0 Å². The van der Waals surface area contributed by atoms with Crippen LogP contribution in [0.1, 0.15) is 19.3 Å². The minimum Gasteiger partial charge on any atom is -0.327 e. The Balaban J connectivity index is 1.95. The van der Waals surface area contributed by atoms with E-state index in [1.54, 1.807) is 12.1 Å². The predicted octanol–water partition coefficient (Wildman–Crippen LogP) is 2.50. The molecule has 1 unspecified atom stereocenters. The Bertz CT molecular complexity index is 435. The molecule has 2 rings (SSSR count). The molecule has 1 aliphatic rings. The molecule has 17 heavy (non-hydrogen) atoms. The van der Waals surface area contributed by atoms with Crippen LogP contribution in [0.3, 0.4) is 0 Å². The van der Waals surface area contributed by atoms with Crippen molar-refractivity contribution in [3.8, 4) is 0 Å². The summed E-state index contributed by atoms with van der Waals surface area (Å²) in [6.45, 7) is 0. The second-order valence-corrected chi connectivity index (χ2v) is 5.43. The van der Waals surface area contributed by atoms with Crippen LogP contribution in [0, 0.1) is 15.3 Å². The van der Waals surface area contributed by atoms with Crippen LogP contribution in [-0.4, -0.2) is 11.9 Å². The largest absolute Gasteiger partial charge is 0.327 e. The average molecular weight is 348 g/mol. The van der Waals surface area contributed by atoms with Gasteiger partial charge in [-0.3, -0.25) is 4.79 Å².